The standard InChI is InChI=1S/C15H10BrN3O5/c16-10-3-1-2-4-11(10)17-14(20)8-18-12-7-9(19(22)23)5-6-13(12)24-15(18)21/h1-7H,8H2,(H,17,20). The molecule has 0 aliphatic rings. The third-order valence-corrected chi connectivity index (χ3v) is 4.00. The molecule has 1 aromatic heterocycles. The molecule has 0 radical (unpaired) electrons. The monoisotopic (exact) mass is 391 g/mol. The van der Waals surface area contributed by atoms with Crippen LogP contribution in [-0.2, 0) is 11.3 Å². The van der Waals surface area contributed by atoms with E-state index in [1.54, 1.807) is 24.3 Å². The number of non-ortho nitro benzene ring substituents is 1. The maximum absolute atomic E-state index is 12.2. The molecule has 0 saturated carbocycles. The number of hydrogen-bond donors (Lipinski definition) is 1. The molecule has 0 aliphatic carbocycles. The zero-order chi connectivity index (χ0) is 17.3. The summed E-state index contributed by atoms with van der Waals surface area (Å²) in [5.41, 5.74) is 0.730. The van der Waals surface area contributed by atoms with Crippen molar-refractivity contribution in [3.8, 4) is 0 Å². The van der Waals surface area contributed by atoms with Crippen molar-refractivity contribution < 1.29 is 14.1 Å². The number of para-hydroxylation sites is 1. The number of rotatable bonds is 4. The van der Waals surface area contributed by atoms with Crippen molar-refractivity contribution in [1.29, 1.82) is 0 Å². The smallest absolute Gasteiger partial charge is 0.408 e. The number of benzene rings is 2. The largest absolute Gasteiger partial charge is 0.420 e. The lowest BCUT2D eigenvalue weighted by Crippen LogP contribution is -2.24. The number of nitrogens with zero attached hydrogens (tertiary/aromatic N) is 2. The van der Waals surface area contributed by atoms with Gasteiger partial charge in [0.2, 0.25) is 5.91 Å². The highest BCUT2D eigenvalue weighted by Crippen LogP contribution is 2.22. The van der Waals surface area contributed by atoms with Gasteiger partial charge in [-0.1, -0.05) is 12.1 Å². The van der Waals surface area contributed by atoms with Crippen molar-refractivity contribution in [3.05, 3.63) is 67.6 Å². The Bertz CT molecular complexity index is 1010. The van der Waals surface area contributed by atoms with E-state index in [0.717, 1.165) is 4.57 Å². The Morgan fingerprint density at radius 3 is 2.75 bits per heavy atom. The summed E-state index contributed by atoms with van der Waals surface area (Å²) in [6, 6.07) is 10.8. The third kappa shape index (κ3) is 3.06. The van der Waals surface area contributed by atoms with E-state index < -0.39 is 16.6 Å². The van der Waals surface area contributed by atoms with E-state index in [1.165, 1.54) is 18.2 Å². The van der Waals surface area contributed by atoms with Gasteiger partial charge in [0.15, 0.2) is 5.58 Å². The molecule has 0 unspecified atom stereocenters. The molecule has 0 atom stereocenters. The van der Waals surface area contributed by atoms with Crippen molar-refractivity contribution in [2.75, 3.05) is 5.32 Å². The highest BCUT2D eigenvalue weighted by atomic mass is 79.9. The van der Waals surface area contributed by atoms with Crippen LogP contribution in [0.2, 0.25) is 0 Å². The zero-order valence-corrected chi connectivity index (χ0v) is 13.6. The van der Waals surface area contributed by atoms with Gasteiger partial charge in [0, 0.05) is 16.6 Å². The average Bonchev–Trinajstić information content (AvgIpc) is 2.85. The number of aromatic nitrogens is 1. The van der Waals surface area contributed by atoms with Gasteiger partial charge in [0.25, 0.3) is 5.69 Å². The normalized spacial score (nSPS) is 10.7. The summed E-state index contributed by atoms with van der Waals surface area (Å²) in [6.45, 7) is -0.325. The number of anilines is 1. The first-order valence-electron chi connectivity index (χ1n) is 6.78. The molecule has 2 aromatic carbocycles. The first-order chi connectivity index (χ1) is 11.5. The van der Waals surface area contributed by atoms with E-state index in [0.29, 0.717) is 10.2 Å². The number of nitrogens with one attached hydrogen (secondary N) is 1. The lowest BCUT2D eigenvalue weighted by atomic mass is 10.3. The van der Waals surface area contributed by atoms with Gasteiger partial charge < -0.3 is 9.73 Å². The van der Waals surface area contributed by atoms with Gasteiger partial charge in [-0.15, -0.1) is 0 Å². The zero-order valence-electron chi connectivity index (χ0n) is 12.1. The van der Waals surface area contributed by atoms with Gasteiger partial charge in [0.05, 0.1) is 16.1 Å². The fourth-order valence-electron chi connectivity index (χ4n) is 2.21. The number of nitro groups is 1. The van der Waals surface area contributed by atoms with Crippen molar-refractivity contribution >= 4 is 44.3 Å². The van der Waals surface area contributed by atoms with Gasteiger partial charge in [-0.05, 0) is 34.1 Å². The minimum absolute atomic E-state index is 0.180. The Balaban J connectivity index is 1.92. The summed E-state index contributed by atoms with van der Waals surface area (Å²) in [5.74, 6) is -1.22. The molecule has 1 heterocycles. The molecular weight excluding hydrogens is 382 g/mol. The van der Waals surface area contributed by atoms with Crippen LogP contribution in [0.15, 0.2) is 56.1 Å². The first-order valence-corrected chi connectivity index (χ1v) is 7.57. The Labute approximate surface area is 143 Å². The van der Waals surface area contributed by atoms with Crippen LogP contribution in [0.25, 0.3) is 11.1 Å². The van der Waals surface area contributed by atoms with Gasteiger partial charge in [-0.3, -0.25) is 19.5 Å². The van der Waals surface area contributed by atoms with Crippen LogP contribution in [0, 0.1) is 10.1 Å². The first kappa shape index (κ1) is 15.9. The highest BCUT2D eigenvalue weighted by Gasteiger charge is 2.16. The van der Waals surface area contributed by atoms with Crippen LogP contribution in [0.4, 0.5) is 11.4 Å². The van der Waals surface area contributed by atoms with Crippen molar-refractivity contribution in [2.24, 2.45) is 0 Å². The lowest BCUT2D eigenvalue weighted by molar-refractivity contribution is -0.384. The number of hydrogen-bond acceptors (Lipinski definition) is 5. The Kier molecular flexibility index (Phi) is 4.17. The molecule has 9 heteroatoms. The number of carbonyl (C=O) groups is 1. The quantitative estimate of drug-likeness (QED) is 0.543. The molecule has 24 heavy (non-hydrogen) atoms. The summed E-state index contributed by atoms with van der Waals surface area (Å²) < 4.78 is 6.75. The topological polar surface area (TPSA) is 107 Å². The summed E-state index contributed by atoms with van der Waals surface area (Å²) in [7, 11) is 0. The fraction of sp³-hybridized carbons (Fsp3) is 0.0667. The van der Waals surface area contributed by atoms with Gasteiger partial charge in [0.1, 0.15) is 6.54 Å². The molecule has 0 fully saturated rings. The second kappa shape index (κ2) is 6.28. The fourth-order valence-corrected chi connectivity index (χ4v) is 2.59. The minimum atomic E-state index is -0.757. The van der Waals surface area contributed by atoms with Crippen LogP contribution < -0.4 is 11.1 Å². The molecule has 1 amide bonds. The third-order valence-electron chi connectivity index (χ3n) is 3.31. The summed E-state index contributed by atoms with van der Waals surface area (Å²) in [5, 5.41) is 13.5. The van der Waals surface area contributed by atoms with Crippen LogP contribution in [0.5, 0.6) is 0 Å². The average molecular weight is 392 g/mol. The second-order valence-electron chi connectivity index (χ2n) is 4.89. The van der Waals surface area contributed by atoms with Gasteiger partial charge in [-0.2, -0.15) is 0 Å². The molecule has 0 bridgehead atoms. The SMILES string of the molecule is O=C(Cn1c(=O)oc2ccc([N+](=O)[O-])cc21)Nc1ccccc1Br. The van der Waals surface area contributed by atoms with Crippen molar-refractivity contribution in [2.45, 2.75) is 6.54 Å². The van der Waals surface area contributed by atoms with Gasteiger partial charge >= 0.3 is 5.76 Å². The van der Waals surface area contributed by atoms with Gasteiger partial charge in [-0.25, -0.2) is 4.79 Å². The van der Waals surface area contributed by atoms with E-state index in [2.05, 4.69) is 21.2 Å². The molecule has 3 rings (SSSR count). The van der Waals surface area contributed by atoms with Crippen molar-refractivity contribution in [3.63, 3.8) is 0 Å². The van der Waals surface area contributed by atoms with E-state index in [9.17, 15) is 19.7 Å². The molecule has 0 saturated heterocycles. The van der Waals surface area contributed by atoms with E-state index >= 15 is 0 Å². The van der Waals surface area contributed by atoms with E-state index in [4.69, 9.17) is 4.42 Å². The van der Waals surface area contributed by atoms with Crippen LogP contribution in [0.1, 0.15) is 0 Å². The van der Waals surface area contributed by atoms with Crippen LogP contribution in [0.3, 0.4) is 0 Å². The number of carbonyl (C=O) groups excluding carboxylic acids is 1. The summed E-state index contributed by atoms with van der Waals surface area (Å²) >= 11 is 3.31. The molecular formula is C15H10BrN3O5. The number of oxazole rings is 1. The van der Waals surface area contributed by atoms with E-state index in [1.807, 2.05) is 0 Å². The predicted octanol–water partition coefficient (Wildman–Crippen LogP) is 2.90. The Morgan fingerprint density at radius 1 is 1.29 bits per heavy atom. The molecule has 0 aliphatic heterocycles. The molecule has 3 aromatic rings. The maximum Gasteiger partial charge on any atom is 0.420 e. The Hall–Kier alpha value is -2.94. The molecule has 1 N–H and O–H groups in total. The summed E-state index contributed by atoms with van der Waals surface area (Å²) in [4.78, 5) is 34.4. The summed E-state index contributed by atoms with van der Waals surface area (Å²) in [6.07, 6.45) is 0. The molecule has 0 spiro atoms. The minimum Gasteiger partial charge on any atom is -0.408 e. The lowest BCUT2D eigenvalue weighted by Gasteiger charge is -2.07. The van der Waals surface area contributed by atoms with E-state index in [-0.39, 0.29) is 23.3 Å². The number of fused-ring (bicyclic) bond motifs is 1. The molecule has 8 nitrogen and oxygen atoms in total. The second-order valence-corrected chi connectivity index (χ2v) is 5.75. The van der Waals surface area contributed by atoms with Crippen LogP contribution >= 0.6 is 15.9 Å². The predicted molar refractivity (Wildman–Crippen MR) is 89.9 cm³/mol. The molecule has 122 valence electrons. The Morgan fingerprint density at radius 2 is 2.04 bits per heavy atom. The van der Waals surface area contributed by atoms with Crippen LogP contribution in [-0.4, -0.2) is 15.4 Å². The number of amides is 1. The number of halogens is 1. The van der Waals surface area contributed by atoms with Crippen molar-refractivity contribution in [1.82, 2.24) is 4.57 Å². The number of nitro benzene ring substituents is 1. The highest BCUT2D eigenvalue weighted by molar-refractivity contribution is 9.10. The maximum atomic E-state index is 12.2.